The topological polar surface area (TPSA) is 34.0 Å². The van der Waals surface area contributed by atoms with Gasteiger partial charge in [-0.3, -0.25) is 4.98 Å². The van der Waals surface area contributed by atoms with Crippen molar-refractivity contribution >= 4 is 29.1 Å². The molecule has 6 heteroatoms. The zero-order chi connectivity index (χ0) is 14.5. The minimum absolute atomic E-state index is 0.531. The third-order valence-corrected chi connectivity index (χ3v) is 4.39. The molecule has 108 valence electrons. The summed E-state index contributed by atoms with van der Waals surface area (Å²) in [5, 5.41) is 5.46. The third-order valence-electron chi connectivity index (χ3n) is 3.16. The van der Waals surface area contributed by atoms with Crippen molar-refractivity contribution in [2.75, 3.05) is 24.2 Å². The number of halogens is 1. The summed E-state index contributed by atoms with van der Waals surface area (Å²) in [6, 6.07) is 3.85. The molecule has 1 unspecified atom stereocenters. The molecule has 2 aromatic rings. The zero-order valence-corrected chi connectivity index (χ0v) is 13.5. The molecule has 0 radical (unpaired) electrons. The molecule has 0 aliphatic rings. The standard InChI is InChI=1S/C14H19ClN4S/c1-4-18(9-11(2)20-3)13-10-19(17-14(13)15)12-6-5-7-16-8-12/h5-8,10-11H,4,9H2,1-3H3. The summed E-state index contributed by atoms with van der Waals surface area (Å²) in [7, 11) is 0. The molecule has 2 aromatic heterocycles. The van der Waals surface area contributed by atoms with Crippen molar-refractivity contribution in [3.63, 3.8) is 0 Å². The molecule has 0 bridgehead atoms. The van der Waals surface area contributed by atoms with Gasteiger partial charge in [-0.1, -0.05) is 18.5 Å². The monoisotopic (exact) mass is 310 g/mol. The Kier molecular flexibility index (Phi) is 5.31. The van der Waals surface area contributed by atoms with Gasteiger partial charge in [0.2, 0.25) is 0 Å². The molecule has 0 fully saturated rings. The molecule has 0 saturated carbocycles. The van der Waals surface area contributed by atoms with Crippen molar-refractivity contribution in [2.45, 2.75) is 19.1 Å². The van der Waals surface area contributed by atoms with Crippen LogP contribution in [0.2, 0.25) is 5.15 Å². The van der Waals surface area contributed by atoms with E-state index in [1.807, 2.05) is 30.1 Å². The lowest BCUT2D eigenvalue weighted by molar-refractivity contribution is 0.803. The van der Waals surface area contributed by atoms with Gasteiger partial charge < -0.3 is 4.90 Å². The Hall–Kier alpha value is -1.20. The largest absolute Gasteiger partial charge is 0.367 e. The maximum atomic E-state index is 6.29. The number of hydrogen-bond donors (Lipinski definition) is 0. The fraction of sp³-hybridized carbons (Fsp3) is 0.429. The van der Waals surface area contributed by atoms with Gasteiger partial charge in [0.05, 0.1) is 23.8 Å². The van der Waals surface area contributed by atoms with Gasteiger partial charge in [-0.25, -0.2) is 4.68 Å². The highest BCUT2D eigenvalue weighted by Crippen LogP contribution is 2.26. The number of rotatable bonds is 6. The van der Waals surface area contributed by atoms with Crippen LogP contribution in [0.25, 0.3) is 5.69 Å². The van der Waals surface area contributed by atoms with E-state index in [9.17, 15) is 0 Å². The minimum atomic E-state index is 0.531. The molecular formula is C14H19ClN4S. The highest BCUT2D eigenvalue weighted by molar-refractivity contribution is 7.99. The number of nitrogens with zero attached hydrogens (tertiary/aromatic N) is 4. The fourth-order valence-corrected chi connectivity index (χ4v) is 2.54. The molecule has 1 atom stereocenters. The van der Waals surface area contributed by atoms with Crippen LogP contribution in [0, 0.1) is 0 Å². The summed E-state index contributed by atoms with van der Waals surface area (Å²) in [6.07, 6.45) is 7.61. The van der Waals surface area contributed by atoms with Gasteiger partial charge >= 0.3 is 0 Å². The first-order valence-electron chi connectivity index (χ1n) is 6.59. The molecule has 0 spiro atoms. The normalized spacial score (nSPS) is 12.4. The van der Waals surface area contributed by atoms with Gasteiger partial charge in [0, 0.05) is 24.5 Å². The molecule has 0 aromatic carbocycles. The van der Waals surface area contributed by atoms with E-state index in [1.165, 1.54) is 0 Å². The van der Waals surface area contributed by atoms with Crippen molar-refractivity contribution < 1.29 is 0 Å². The molecule has 2 rings (SSSR count). The lowest BCUT2D eigenvalue weighted by atomic mass is 10.3. The summed E-state index contributed by atoms with van der Waals surface area (Å²) >= 11 is 8.14. The molecule has 20 heavy (non-hydrogen) atoms. The molecule has 0 aliphatic heterocycles. The average Bonchev–Trinajstić information content (AvgIpc) is 2.87. The Bertz CT molecular complexity index is 543. The first-order valence-corrected chi connectivity index (χ1v) is 8.25. The van der Waals surface area contributed by atoms with Crippen molar-refractivity contribution in [2.24, 2.45) is 0 Å². The average molecular weight is 311 g/mol. The van der Waals surface area contributed by atoms with Crippen LogP contribution in [0.5, 0.6) is 0 Å². The number of thioether (sulfide) groups is 1. The number of aromatic nitrogens is 3. The van der Waals surface area contributed by atoms with Crippen LogP contribution in [0.1, 0.15) is 13.8 Å². The van der Waals surface area contributed by atoms with Crippen LogP contribution in [0.4, 0.5) is 5.69 Å². The first kappa shape index (κ1) is 15.2. The van der Waals surface area contributed by atoms with E-state index in [0.717, 1.165) is 24.5 Å². The van der Waals surface area contributed by atoms with Crippen LogP contribution >= 0.6 is 23.4 Å². The molecule has 2 heterocycles. The van der Waals surface area contributed by atoms with E-state index < -0.39 is 0 Å². The highest BCUT2D eigenvalue weighted by Gasteiger charge is 2.16. The van der Waals surface area contributed by atoms with Crippen molar-refractivity contribution in [1.29, 1.82) is 0 Å². The van der Waals surface area contributed by atoms with E-state index in [-0.39, 0.29) is 0 Å². The van der Waals surface area contributed by atoms with E-state index in [4.69, 9.17) is 11.6 Å². The highest BCUT2D eigenvalue weighted by atomic mass is 35.5. The lowest BCUT2D eigenvalue weighted by Gasteiger charge is -2.24. The van der Waals surface area contributed by atoms with Crippen molar-refractivity contribution in [3.8, 4) is 5.69 Å². The maximum Gasteiger partial charge on any atom is 0.174 e. The van der Waals surface area contributed by atoms with Gasteiger partial charge in [0.15, 0.2) is 5.15 Å². The quantitative estimate of drug-likeness (QED) is 0.818. The molecular weight excluding hydrogens is 292 g/mol. The van der Waals surface area contributed by atoms with Crippen LogP contribution in [-0.4, -0.2) is 39.4 Å². The molecule has 0 aliphatic carbocycles. The first-order chi connectivity index (χ1) is 9.65. The van der Waals surface area contributed by atoms with Crippen molar-refractivity contribution in [1.82, 2.24) is 14.8 Å². The summed E-state index contributed by atoms with van der Waals surface area (Å²) < 4.78 is 1.77. The van der Waals surface area contributed by atoms with Gasteiger partial charge in [-0.05, 0) is 25.3 Å². The van der Waals surface area contributed by atoms with E-state index >= 15 is 0 Å². The van der Waals surface area contributed by atoms with Crippen LogP contribution in [0.15, 0.2) is 30.7 Å². The zero-order valence-electron chi connectivity index (χ0n) is 12.0. The Labute approximate surface area is 129 Å². The van der Waals surface area contributed by atoms with Crippen molar-refractivity contribution in [3.05, 3.63) is 35.9 Å². The Morgan fingerprint density at radius 2 is 2.30 bits per heavy atom. The number of hydrogen-bond acceptors (Lipinski definition) is 4. The third kappa shape index (κ3) is 3.46. The summed E-state index contributed by atoms with van der Waals surface area (Å²) in [5.41, 5.74) is 1.88. The summed E-state index contributed by atoms with van der Waals surface area (Å²) in [4.78, 5) is 6.36. The molecule has 0 amide bonds. The smallest absolute Gasteiger partial charge is 0.174 e. The SMILES string of the molecule is CCN(CC(C)SC)c1cn(-c2cccnc2)nc1Cl. The van der Waals surface area contributed by atoms with E-state index in [2.05, 4.69) is 35.1 Å². The van der Waals surface area contributed by atoms with Gasteiger partial charge in [-0.15, -0.1) is 0 Å². The maximum absolute atomic E-state index is 6.29. The van der Waals surface area contributed by atoms with E-state index in [0.29, 0.717) is 10.4 Å². The number of pyridine rings is 1. The Morgan fingerprint density at radius 3 is 2.90 bits per heavy atom. The van der Waals surface area contributed by atoms with Gasteiger partial charge in [0.1, 0.15) is 0 Å². The second kappa shape index (κ2) is 6.99. The van der Waals surface area contributed by atoms with Crippen LogP contribution < -0.4 is 4.90 Å². The Morgan fingerprint density at radius 1 is 1.50 bits per heavy atom. The second-order valence-electron chi connectivity index (χ2n) is 4.55. The fourth-order valence-electron chi connectivity index (χ4n) is 1.96. The van der Waals surface area contributed by atoms with E-state index in [1.54, 1.807) is 17.1 Å². The minimum Gasteiger partial charge on any atom is -0.367 e. The lowest BCUT2D eigenvalue weighted by Crippen LogP contribution is -2.29. The number of anilines is 1. The van der Waals surface area contributed by atoms with Gasteiger partial charge in [0.25, 0.3) is 0 Å². The molecule has 4 nitrogen and oxygen atoms in total. The summed E-state index contributed by atoms with van der Waals surface area (Å²) in [5.74, 6) is 0. The van der Waals surface area contributed by atoms with Gasteiger partial charge in [-0.2, -0.15) is 16.9 Å². The summed E-state index contributed by atoms with van der Waals surface area (Å²) in [6.45, 7) is 6.21. The predicted octanol–water partition coefficient (Wildman–Crippen LogP) is 3.50. The molecule has 0 N–H and O–H groups in total. The Balaban J connectivity index is 2.26. The van der Waals surface area contributed by atoms with Crippen LogP contribution in [0.3, 0.4) is 0 Å². The molecule has 0 saturated heterocycles. The predicted molar refractivity (Wildman–Crippen MR) is 87.2 cm³/mol. The second-order valence-corrected chi connectivity index (χ2v) is 6.18. The van der Waals surface area contributed by atoms with Crippen LogP contribution in [-0.2, 0) is 0 Å².